The van der Waals surface area contributed by atoms with Gasteiger partial charge < -0.3 is 24.8 Å². The number of pyridine rings is 1. The Morgan fingerprint density at radius 2 is 2.36 bits per heavy atom. The van der Waals surface area contributed by atoms with Gasteiger partial charge >= 0.3 is 5.69 Å². The number of carbonyl (C=O) groups is 1. The molecule has 0 spiro atoms. The van der Waals surface area contributed by atoms with Crippen LogP contribution in [0.1, 0.15) is 16.9 Å². The van der Waals surface area contributed by atoms with Crippen molar-refractivity contribution in [1.82, 2.24) is 20.3 Å². The summed E-state index contributed by atoms with van der Waals surface area (Å²) in [6, 6.07) is 5.08. The predicted molar refractivity (Wildman–Crippen MR) is 76.8 cm³/mol. The lowest BCUT2D eigenvalue weighted by atomic mass is 10.1. The van der Waals surface area contributed by atoms with Crippen molar-refractivity contribution in [2.45, 2.75) is 18.6 Å². The molecule has 0 radical (unpaired) electrons. The van der Waals surface area contributed by atoms with Crippen LogP contribution in [-0.4, -0.2) is 46.2 Å². The zero-order valence-electron chi connectivity index (χ0n) is 11.7. The third kappa shape index (κ3) is 3.34. The van der Waals surface area contributed by atoms with Crippen LogP contribution in [0.2, 0.25) is 0 Å². The van der Waals surface area contributed by atoms with E-state index in [9.17, 15) is 9.59 Å². The number of amides is 1. The number of H-pyrrole nitrogens is 2. The van der Waals surface area contributed by atoms with Crippen LogP contribution in [0.15, 0.2) is 35.4 Å². The summed E-state index contributed by atoms with van der Waals surface area (Å²) in [6.45, 7) is 0.906. The lowest BCUT2D eigenvalue weighted by molar-refractivity contribution is -0.00454. The average Bonchev–Trinajstić information content (AvgIpc) is 2.97. The number of rotatable bonds is 4. The number of ether oxygens (including phenoxy) is 2. The van der Waals surface area contributed by atoms with E-state index in [2.05, 4.69) is 20.3 Å². The summed E-state index contributed by atoms with van der Waals surface area (Å²) in [6.07, 6.45) is 3.38. The number of nitrogens with one attached hydrogen (secondary N) is 3. The predicted octanol–water partition coefficient (Wildman–Crippen LogP) is 0.0643. The molecule has 2 atom stereocenters. The Hall–Kier alpha value is -2.61. The van der Waals surface area contributed by atoms with Gasteiger partial charge in [-0.3, -0.25) is 4.79 Å². The summed E-state index contributed by atoms with van der Waals surface area (Å²) in [5.41, 5.74) is -0.251. The summed E-state index contributed by atoms with van der Waals surface area (Å²) in [7, 11) is 0. The molecule has 2 aromatic rings. The van der Waals surface area contributed by atoms with Crippen molar-refractivity contribution in [1.29, 1.82) is 0 Å². The van der Waals surface area contributed by atoms with E-state index in [0.717, 1.165) is 0 Å². The van der Waals surface area contributed by atoms with E-state index in [1.54, 1.807) is 18.3 Å². The fourth-order valence-electron chi connectivity index (χ4n) is 2.27. The number of imidazole rings is 1. The molecule has 1 aliphatic heterocycles. The molecule has 1 fully saturated rings. The third-order valence-corrected chi connectivity index (χ3v) is 3.36. The number of hydrogen-bond donors (Lipinski definition) is 3. The summed E-state index contributed by atoms with van der Waals surface area (Å²) in [5.74, 6) is 0.118. The quantitative estimate of drug-likeness (QED) is 0.740. The molecule has 0 aliphatic carbocycles. The van der Waals surface area contributed by atoms with Crippen LogP contribution in [0.4, 0.5) is 0 Å². The van der Waals surface area contributed by atoms with Crippen LogP contribution in [0.3, 0.4) is 0 Å². The standard InChI is InChI=1S/C14H16N4O4/c19-13(9-7-16-14(20)18-9)17-10-8-21-6-4-11(10)22-12-3-1-2-5-15-12/h1-3,5,7,10-11H,4,6,8H2,(H,17,19)(H2,16,18,20)/t10-,11-/m1/s1. The van der Waals surface area contributed by atoms with E-state index < -0.39 is 5.69 Å². The highest BCUT2D eigenvalue weighted by molar-refractivity contribution is 5.92. The van der Waals surface area contributed by atoms with Gasteiger partial charge in [0.15, 0.2) is 0 Å². The first-order chi connectivity index (χ1) is 10.7. The first-order valence-electron chi connectivity index (χ1n) is 6.96. The van der Waals surface area contributed by atoms with Crippen LogP contribution >= 0.6 is 0 Å². The maximum absolute atomic E-state index is 12.1. The van der Waals surface area contributed by atoms with Gasteiger partial charge in [0.2, 0.25) is 5.88 Å². The number of carbonyl (C=O) groups excluding carboxylic acids is 1. The van der Waals surface area contributed by atoms with Gasteiger partial charge in [0.05, 0.1) is 19.3 Å². The summed E-state index contributed by atoms with van der Waals surface area (Å²) in [5, 5.41) is 2.81. The molecular weight excluding hydrogens is 288 g/mol. The first-order valence-corrected chi connectivity index (χ1v) is 6.96. The SMILES string of the molecule is O=C(N[C@@H]1COCC[C@H]1Oc1ccccn1)c1c[nH]c(=O)[nH]1. The molecule has 3 rings (SSSR count). The molecule has 1 aliphatic rings. The van der Waals surface area contributed by atoms with Crippen molar-refractivity contribution >= 4 is 5.91 Å². The van der Waals surface area contributed by atoms with Crippen LogP contribution < -0.4 is 15.7 Å². The zero-order chi connectivity index (χ0) is 15.4. The molecule has 1 saturated heterocycles. The van der Waals surface area contributed by atoms with Gasteiger partial charge in [0.1, 0.15) is 11.8 Å². The average molecular weight is 304 g/mol. The summed E-state index contributed by atoms with van der Waals surface area (Å²) < 4.78 is 11.2. The maximum Gasteiger partial charge on any atom is 0.323 e. The minimum Gasteiger partial charge on any atom is -0.472 e. The minimum atomic E-state index is -0.425. The second-order valence-corrected chi connectivity index (χ2v) is 4.92. The molecule has 116 valence electrons. The highest BCUT2D eigenvalue weighted by Crippen LogP contribution is 2.16. The van der Waals surface area contributed by atoms with E-state index >= 15 is 0 Å². The van der Waals surface area contributed by atoms with Crippen LogP contribution in [0.25, 0.3) is 0 Å². The number of hydrogen-bond acceptors (Lipinski definition) is 5. The molecule has 3 N–H and O–H groups in total. The third-order valence-electron chi connectivity index (χ3n) is 3.36. The van der Waals surface area contributed by atoms with Crippen molar-refractivity contribution in [2.75, 3.05) is 13.2 Å². The van der Waals surface area contributed by atoms with Gasteiger partial charge in [0.25, 0.3) is 5.91 Å². The van der Waals surface area contributed by atoms with E-state index in [-0.39, 0.29) is 23.7 Å². The van der Waals surface area contributed by atoms with E-state index in [4.69, 9.17) is 9.47 Å². The van der Waals surface area contributed by atoms with Crippen molar-refractivity contribution < 1.29 is 14.3 Å². The maximum atomic E-state index is 12.1. The van der Waals surface area contributed by atoms with E-state index in [1.807, 2.05) is 6.07 Å². The Labute approximate surface area is 125 Å². The Bertz CT molecular complexity index is 681. The summed E-state index contributed by atoms with van der Waals surface area (Å²) >= 11 is 0. The molecule has 8 nitrogen and oxygen atoms in total. The number of aromatic nitrogens is 3. The van der Waals surface area contributed by atoms with Gasteiger partial charge in [-0.1, -0.05) is 6.07 Å². The topological polar surface area (TPSA) is 109 Å². The number of nitrogens with zero attached hydrogens (tertiary/aromatic N) is 1. The van der Waals surface area contributed by atoms with Crippen molar-refractivity contribution in [3.63, 3.8) is 0 Å². The zero-order valence-corrected chi connectivity index (χ0v) is 11.7. The van der Waals surface area contributed by atoms with Crippen molar-refractivity contribution in [3.05, 3.63) is 46.8 Å². The monoisotopic (exact) mass is 304 g/mol. The molecule has 0 unspecified atom stereocenters. The highest BCUT2D eigenvalue weighted by atomic mass is 16.5. The van der Waals surface area contributed by atoms with Gasteiger partial charge in [-0.05, 0) is 6.07 Å². The molecule has 1 amide bonds. The lowest BCUT2D eigenvalue weighted by Crippen LogP contribution is -2.52. The largest absolute Gasteiger partial charge is 0.472 e. The van der Waals surface area contributed by atoms with E-state index in [1.165, 1.54) is 6.20 Å². The molecular formula is C14H16N4O4. The molecule has 0 saturated carbocycles. The van der Waals surface area contributed by atoms with Crippen LogP contribution in [-0.2, 0) is 4.74 Å². The molecule has 2 aromatic heterocycles. The highest BCUT2D eigenvalue weighted by Gasteiger charge is 2.29. The van der Waals surface area contributed by atoms with Gasteiger partial charge in [-0.25, -0.2) is 9.78 Å². The van der Waals surface area contributed by atoms with Crippen molar-refractivity contribution in [2.24, 2.45) is 0 Å². The van der Waals surface area contributed by atoms with Crippen LogP contribution in [0, 0.1) is 0 Å². The Morgan fingerprint density at radius 1 is 1.45 bits per heavy atom. The first kappa shape index (κ1) is 14.3. The van der Waals surface area contributed by atoms with Gasteiger partial charge in [-0.2, -0.15) is 0 Å². The summed E-state index contributed by atoms with van der Waals surface area (Å²) in [4.78, 5) is 32.1. The molecule has 22 heavy (non-hydrogen) atoms. The second-order valence-electron chi connectivity index (χ2n) is 4.92. The van der Waals surface area contributed by atoms with E-state index in [0.29, 0.717) is 25.5 Å². The lowest BCUT2D eigenvalue weighted by Gasteiger charge is -2.31. The van der Waals surface area contributed by atoms with Crippen LogP contribution in [0.5, 0.6) is 5.88 Å². The molecule has 8 heteroatoms. The Kier molecular flexibility index (Phi) is 4.19. The van der Waals surface area contributed by atoms with Crippen molar-refractivity contribution in [3.8, 4) is 5.88 Å². The molecule has 3 heterocycles. The minimum absolute atomic E-state index is 0.173. The van der Waals surface area contributed by atoms with Gasteiger partial charge in [-0.15, -0.1) is 0 Å². The normalized spacial score (nSPS) is 21.3. The molecule has 0 aromatic carbocycles. The van der Waals surface area contributed by atoms with Gasteiger partial charge in [0, 0.05) is 24.9 Å². The number of aromatic amines is 2. The Balaban J connectivity index is 1.67. The fraction of sp³-hybridized carbons (Fsp3) is 0.357. The molecule has 0 bridgehead atoms. The fourth-order valence-corrected chi connectivity index (χ4v) is 2.27. The smallest absolute Gasteiger partial charge is 0.323 e. The Morgan fingerprint density at radius 3 is 3.09 bits per heavy atom. The second kappa shape index (κ2) is 6.44.